The number of methoxy groups -OCH3 is 1. The third-order valence-corrected chi connectivity index (χ3v) is 9.64. The van der Waals surface area contributed by atoms with Gasteiger partial charge in [-0.1, -0.05) is 70.9 Å². The van der Waals surface area contributed by atoms with Gasteiger partial charge in [-0.05, 0) is 62.2 Å². The molecule has 0 aliphatic carbocycles. The first-order chi connectivity index (χ1) is 23.0. The summed E-state index contributed by atoms with van der Waals surface area (Å²) in [5.74, 6) is -0.779. The summed E-state index contributed by atoms with van der Waals surface area (Å²) >= 11 is 0. The van der Waals surface area contributed by atoms with Crippen LogP contribution in [0, 0.1) is 11.8 Å². The van der Waals surface area contributed by atoms with Crippen LogP contribution in [0.4, 0.5) is 0 Å². The van der Waals surface area contributed by atoms with Crippen LogP contribution >= 0.6 is 0 Å². The van der Waals surface area contributed by atoms with Crippen LogP contribution in [0.2, 0.25) is 0 Å². The number of likely N-dealkylation sites (N-methyl/N-ethyl adjacent to an activating group) is 1. The van der Waals surface area contributed by atoms with Crippen LogP contribution in [0.15, 0.2) is 54.7 Å². The Morgan fingerprint density at radius 2 is 1.79 bits per heavy atom. The topological polar surface area (TPSA) is 129 Å². The third kappa shape index (κ3) is 8.55. The van der Waals surface area contributed by atoms with Crippen molar-refractivity contribution in [2.24, 2.45) is 11.8 Å². The van der Waals surface area contributed by atoms with Crippen molar-refractivity contribution in [3.8, 4) is 11.5 Å². The molecule has 260 valence electrons. The molecule has 48 heavy (non-hydrogen) atoms. The smallest absolute Gasteiger partial charge is 0.247 e. The Morgan fingerprint density at radius 3 is 2.44 bits per heavy atom. The predicted molar refractivity (Wildman–Crippen MR) is 185 cm³/mol. The molecule has 2 aromatic rings. The number of rotatable bonds is 11. The van der Waals surface area contributed by atoms with Gasteiger partial charge in [0.2, 0.25) is 23.6 Å². The molecule has 11 nitrogen and oxygen atoms in total. The molecule has 0 saturated carbocycles. The molecule has 3 N–H and O–H groups in total. The SMILES string of the molecule is CC[C@H](C)[C@@H]1NC(=O)[C@@H]2[C@H](CCN2C(=O)[C@@H](NC(=O)[C@H](Cc2ccccc2)N(C)C)[C@@H](C)CC)Oc2ccc(OC)c(c2)/C=C/NC1=O. The molecule has 0 radical (unpaired) electrons. The number of hydrogen-bond acceptors (Lipinski definition) is 7. The molecular formula is C37H51N5O6. The number of benzene rings is 2. The Balaban J connectivity index is 1.68. The molecule has 1 saturated heterocycles. The maximum atomic E-state index is 14.5. The van der Waals surface area contributed by atoms with Gasteiger partial charge in [-0.15, -0.1) is 0 Å². The van der Waals surface area contributed by atoms with E-state index in [9.17, 15) is 19.2 Å². The minimum absolute atomic E-state index is 0.187. The molecule has 2 aliphatic heterocycles. The lowest BCUT2D eigenvalue weighted by atomic mass is 9.95. The quantitative estimate of drug-likeness (QED) is 0.337. The van der Waals surface area contributed by atoms with Gasteiger partial charge in [0.05, 0.1) is 13.2 Å². The zero-order valence-electron chi connectivity index (χ0n) is 29.2. The minimum Gasteiger partial charge on any atom is -0.496 e. The van der Waals surface area contributed by atoms with Crippen LogP contribution in [0.5, 0.6) is 11.5 Å². The molecular weight excluding hydrogens is 610 g/mol. The second-order valence-corrected chi connectivity index (χ2v) is 13.1. The number of likely N-dealkylation sites (tertiary alicyclic amines) is 1. The number of nitrogens with zero attached hydrogens (tertiary/aromatic N) is 2. The lowest BCUT2D eigenvalue weighted by molar-refractivity contribution is -0.145. The number of carbonyl (C=O) groups excluding carboxylic acids is 4. The molecule has 2 aromatic carbocycles. The third-order valence-electron chi connectivity index (χ3n) is 9.64. The maximum absolute atomic E-state index is 14.5. The van der Waals surface area contributed by atoms with Gasteiger partial charge in [-0.3, -0.25) is 24.1 Å². The summed E-state index contributed by atoms with van der Waals surface area (Å²) in [5, 5.41) is 8.81. The summed E-state index contributed by atoms with van der Waals surface area (Å²) in [4.78, 5) is 59.3. The summed E-state index contributed by atoms with van der Waals surface area (Å²) in [5.41, 5.74) is 1.69. The zero-order chi connectivity index (χ0) is 35.0. The van der Waals surface area contributed by atoms with E-state index in [0.29, 0.717) is 42.7 Å². The number of amides is 4. The molecule has 11 heteroatoms. The van der Waals surface area contributed by atoms with Gasteiger partial charge >= 0.3 is 0 Å². The van der Waals surface area contributed by atoms with Gasteiger partial charge in [-0.2, -0.15) is 0 Å². The lowest BCUT2D eigenvalue weighted by Gasteiger charge is -2.35. The molecule has 7 atom stereocenters. The van der Waals surface area contributed by atoms with Gasteiger partial charge in [0.25, 0.3) is 0 Å². The van der Waals surface area contributed by atoms with Crippen LogP contribution in [0.1, 0.15) is 58.1 Å². The Morgan fingerprint density at radius 1 is 1.06 bits per heavy atom. The van der Waals surface area contributed by atoms with Crippen molar-refractivity contribution in [2.45, 2.75) is 83.6 Å². The number of fused-ring (bicyclic) bond motifs is 3. The van der Waals surface area contributed by atoms with E-state index in [4.69, 9.17) is 9.47 Å². The first-order valence-electron chi connectivity index (χ1n) is 16.9. The van der Waals surface area contributed by atoms with E-state index >= 15 is 0 Å². The molecule has 2 aliphatic rings. The van der Waals surface area contributed by atoms with Crippen molar-refractivity contribution in [1.29, 1.82) is 0 Å². The van der Waals surface area contributed by atoms with Gasteiger partial charge in [0.15, 0.2) is 0 Å². The van der Waals surface area contributed by atoms with Crippen molar-refractivity contribution in [3.63, 3.8) is 0 Å². The summed E-state index contributed by atoms with van der Waals surface area (Å²) < 4.78 is 11.9. The Bertz CT molecular complexity index is 1460. The largest absolute Gasteiger partial charge is 0.496 e. The second kappa shape index (κ2) is 16.6. The lowest BCUT2D eigenvalue weighted by Crippen LogP contribution is -2.61. The van der Waals surface area contributed by atoms with Crippen LogP contribution in [0.3, 0.4) is 0 Å². The first kappa shape index (κ1) is 36.5. The van der Waals surface area contributed by atoms with Crippen LogP contribution in [-0.4, -0.2) is 91.4 Å². The number of hydrogen-bond donors (Lipinski definition) is 3. The van der Waals surface area contributed by atoms with E-state index in [1.165, 1.54) is 11.1 Å². The summed E-state index contributed by atoms with van der Waals surface area (Å²) in [7, 11) is 5.25. The predicted octanol–water partition coefficient (Wildman–Crippen LogP) is 3.38. The fourth-order valence-corrected chi connectivity index (χ4v) is 6.24. The highest BCUT2D eigenvalue weighted by atomic mass is 16.5. The Kier molecular flexibility index (Phi) is 12.6. The molecule has 0 aromatic heterocycles. The van der Waals surface area contributed by atoms with Gasteiger partial charge in [0.1, 0.15) is 35.7 Å². The molecule has 2 bridgehead atoms. The molecule has 1 fully saturated rings. The molecule has 2 heterocycles. The minimum atomic E-state index is -1.03. The second-order valence-electron chi connectivity index (χ2n) is 13.1. The highest BCUT2D eigenvalue weighted by molar-refractivity contribution is 5.96. The molecule has 0 unspecified atom stereocenters. The standard InChI is InChI=1S/C37H51N5O6/c1-8-23(3)31-35(44)38-19-17-26-22-27(15-16-29(26)47-7)48-30-18-20-42(33(30)36(45)39-31)37(46)32(24(4)9-2)40-34(43)28(41(5)6)21-25-13-11-10-12-14-25/h10-17,19,22-24,28,30-33H,8-9,18,20-21H2,1-7H3,(H,38,44)(H,39,45)(H,40,43)/b19-17+/t23-,24-,28-,30-,31-,32-,33-/m0/s1. The van der Waals surface area contributed by atoms with E-state index in [1.807, 2.05) is 77.0 Å². The van der Waals surface area contributed by atoms with E-state index in [0.717, 1.165) is 5.56 Å². The monoisotopic (exact) mass is 661 g/mol. The normalized spacial score (nSPS) is 22.7. The Hall–Kier alpha value is -4.38. The van der Waals surface area contributed by atoms with E-state index in [-0.39, 0.29) is 36.1 Å². The summed E-state index contributed by atoms with van der Waals surface area (Å²) in [6, 6.07) is 11.8. The number of ether oxygens (including phenoxy) is 2. The van der Waals surface area contributed by atoms with Gasteiger partial charge in [-0.25, -0.2) is 0 Å². The van der Waals surface area contributed by atoms with Crippen molar-refractivity contribution in [1.82, 2.24) is 25.8 Å². The highest BCUT2D eigenvalue weighted by Gasteiger charge is 2.47. The van der Waals surface area contributed by atoms with Crippen LogP contribution in [0.25, 0.3) is 6.08 Å². The first-order valence-corrected chi connectivity index (χ1v) is 16.9. The molecule has 4 amide bonds. The van der Waals surface area contributed by atoms with E-state index in [2.05, 4.69) is 16.0 Å². The van der Waals surface area contributed by atoms with Crippen molar-refractivity contribution in [3.05, 3.63) is 65.9 Å². The van der Waals surface area contributed by atoms with Crippen molar-refractivity contribution >= 4 is 29.7 Å². The number of nitrogens with one attached hydrogen (secondary N) is 3. The number of carbonyl (C=O) groups is 4. The van der Waals surface area contributed by atoms with Gasteiger partial charge < -0.3 is 30.3 Å². The summed E-state index contributed by atoms with van der Waals surface area (Å²) in [6.07, 6.45) is 4.68. The van der Waals surface area contributed by atoms with Crippen molar-refractivity contribution in [2.75, 3.05) is 27.7 Å². The van der Waals surface area contributed by atoms with E-state index < -0.39 is 36.2 Å². The molecule has 4 rings (SSSR count). The zero-order valence-corrected chi connectivity index (χ0v) is 29.2. The van der Waals surface area contributed by atoms with Crippen LogP contribution in [-0.2, 0) is 25.6 Å². The van der Waals surface area contributed by atoms with Crippen molar-refractivity contribution < 1.29 is 28.7 Å². The Labute approximate surface area is 284 Å². The summed E-state index contributed by atoms with van der Waals surface area (Å²) in [6.45, 7) is 7.99. The maximum Gasteiger partial charge on any atom is 0.247 e. The van der Waals surface area contributed by atoms with E-state index in [1.54, 1.807) is 31.4 Å². The average Bonchev–Trinajstić information content (AvgIpc) is 3.50. The average molecular weight is 662 g/mol. The van der Waals surface area contributed by atoms with Gasteiger partial charge in [0, 0.05) is 24.7 Å². The van der Waals surface area contributed by atoms with Crippen LogP contribution < -0.4 is 25.4 Å². The fraction of sp³-hybridized carbons (Fsp3) is 0.514. The molecule has 0 spiro atoms. The fourth-order valence-electron chi connectivity index (χ4n) is 6.24. The highest BCUT2D eigenvalue weighted by Crippen LogP contribution is 2.31.